The molecule has 0 radical (unpaired) electrons. The Morgan fingerprint density at radius 2 is 1.89 bits per heavy atom. The number of nitrogens with zero attached hydrogens (tertiary/aromatic N) is 2. The van der Waals surface area contributed by atoms with E-state index in [9.17, 15) is 17.6 Å². The third-order valence-corrected chi connectivity index (χ3v) is 2.62. The van der Waals surface area contributed by atoms with Crippen molar-refractivity contribution in [2.75, 3.05) is 0 Å². The van der Waals surface area contributed by atoms with Crippen molar-refractivity contribution in [3.8, 4) is 5.69 Å². The van der Waals surface area contributed by atoms with Gasteiger partial charge in [0.15, 0.2) is 5.69 Å². The van der Waals surface area contributed by atoms with Crippen LogP contribution in [0, 0.1) is 12.7 Å². The predicted octanol–water partition coefficient (Wildman–Crippen LogP) is 3.99. The molecular formula is C11H7ClF4N2. The van der Waals surface area contributed by atoms with E-state index in [2.05, 4.69) is 5.10 Å². The Bertz CT molecular complexity index is 589. The lowest BCUT2D eigenvalue weighted by molar-refractivity contribution is -0.141. The van der Waals surface area contributed by atoms with Gasteiger partial charge in [-0.25, -0.2) is 9.07 Å². The fraction of sp³-hybridized carbons (Fsp3) is 0.182. The van der Waals surface area contributed by atoms with Crippen LogP contribution in [0.25, 0.3) is 5.69 Å². The highest BCUT2D eigenvalue weighted by Crippen LogP contribution is 2.29. The first-order valence-corrected chi connectivity index (χ1v) is 5.26. The van der Waals surface area contributed by atoms with E-state index in [4.69, 9.17) is 11.6 Å². The second kappa shape index (κ2) is 4.28. The van der Waals surface area contributed by atoms with Crippen LogP contribution in [-0.2, 0) is 6.18 Å². The van der Waals surface area contributed by atoms with E-state index < -0.39 is 17.7 Å². The Morgan fingerprint density at radius 3 is 2.39 bits per heavy atom. The van der Waals surface area contributed by atoms with Crippen LogP contribution in [-0.4, -0.2) is 9.78 Å². The Hall–Kier alpha value is -1.56. The first-order chi connectivity index (χ1) is 8.29. The first-order valence-electron chi connectivity index (χ1n) is 4.88. The summed E-state index contributed by atoms with van der Waals surface area (Å²) < 4.78 is 51.5. The SMILES string of the molecule is Cc1cc(C(F)(F)F)nn1-c1ccc(F)c(Cl)c1. The largest absolute Gasteiger partial charge is 0.435 e. The maximum atomic E-state index is 13.0. The molecule has 0 atom stereocenters. The molecule has 2 nitrogen and oxygen atoms in total. The van der Waals surface area contributed by atoms with E-state index in [1.807, 2.05) is 0 Å². The number of hydrogen-bond acceptors (Lipinski definition) is 1. The molecule has 1 heterocycles. The molecule has 0 spiro atoms. The fourth-order valence-electron chi connectivity index (χ4n) is 1.49. The second-order valence-corrected chi connectivity index (χ2v) is 4.09. The molecule has 0 saturated carbocycles. The van der Waals surface area contributed by atoms with Gasteiger partial charge in [-0.3, -0.25) is 0 Å². The predicted molar refractivity (Wildman–Crippen MR) is 58.3 cm³/mol. The van der Waals surface area contributed by atoms with Gasteiger partial charge in [0.2, 0.25) is 0 Å². The van der Waals surface area contributed by atoms with Crippen molar-refractivity contribution in [1.82, 2.24) is 9.78 Å². The summed E-state index contributed by atoms with van der Waals surface area (Å²) >= 11 is 5.57. The van der Waals surface area contributed by atoms with Gasteiger partial charge in [0.25, 0.3) is 0 Å². The highest BCUT2D eigenvalue weighted by molar-refractivity contribution is 6.30. The van der Waals surface area contributed by atoms with Crippen molar-refractivity contribution in [2.45, 2.75) is 13.1 Å². The molecule has 0 unspecified atom stereocenters. The van der Waals surface area contributed by atoms with Gasteiger partial charge in [0.05, 0.1) is 10.7 Å². The molecule has 7 heteroatoms. The van der Waals surface area contributed by atoms with Gasteiger partial charge in [-0.1, -0.05) is 11.6 Å². The minimum atomic E-state index is -4.51. The van der Waals surface area contributed by atoms with Crippen LogP contribution in [0.4, 0.5) is 17.6 Å². The van der Waals surface area contributed by atoms with Gasteiger partial charge in [-0.15, -0.1) is 0 Å². The highest BCUT2D eigenvalue weighted by atomic mass is 35.5. The Kier molecular flexibility index (Phi) is 3.06. The van der Waals surface area contributed by atoms with Crippen LogP contribution >= 0.6 is 11.6 Å². The zero-order chi connectivity index (χ0) is 13.5. The smallest absolute Gasteiger partial charge is 0.237 e. The Labute approximate surface area is 105 Å². The molecule has 2 rings (SSSR count). The van der Waals surface area contributed by atoms with Gasteiger partial charge in [0.1, 0.15) is 5.82 Å². The average molecular weight is 279 g/mol. The summed E-state index contributed by atoms with van der Waals surface area (Å²) in [7, 11) is 0. The molecule has 0 amide bonds. The lowest BCUT2D eigenvalue weighted by Gasteiger charge is -2.05. The van der Waals surface area contributed by atoms with E-state index in [0.29, 0.717) is 0 Å². The molecular weight excluding hydrogens is 272 g/mol. The average Bonchev–Trinajstić information content (AvgIpc) is 2.64. The Morgan fingerprint density at radius 1 is 1.22 bits per heavy atom. The van der Waals surface area contributed by atoms with Gasteiger partial charge in [0, 0.05) is 5.69 Å². The highest BCUT2D eigenvalue weighted by Gasteiger charge is 2.34. The summed E-state index contributed by atoms with van der Waals surface area (Å²) in [6.45, 7) is 1.47. The number of aryl methyl sites for hydroxylation is 1. The van der Waals surface area contributed by atoms with Gasteiger partial charge in [-0.2, -0.15) is 18.3 Å². The molecule has 96 valence electrons. The van der Waals surface area contributed by atoms with E-state index in [1.54, 1.807) is 0 Å². The molecule has 0 saturated heterocycles. The number of alkyl halides is 3. The molecule has 2 aromatic rings. The lowest BCUT2D eigenvalue weighted by atomic mass is 10.3. The van der Waals surface area contributed by atoms with Gasteiger partial charge < -0.3 is 0 Å². The molecule has 1 aromatic carbocycles. The zero-order valence-corrected chi connectivity index (χ0v) is 9.85. The maximum absolute atomic E-state index is 13.0. The third kappa shape index (κ3) is 2.33. The van der Waals surface area contributed by atoms with Gasteiger partial charge >= 0.3 is 6.18 Å². The van der Waals surface area contributed by atoms with Gasteiger partial charge in [-0.05, 0) is 31.2 Å². The molecule has 0 bridgehead atoms. The lowest BCUT2D eigenvalue weighted by Crippen LogP contribution is -2.07. The third-order valence-electron chi connectivity index (χ3n) is 2.33. The van der Waals surface area contributed by atoms with Crippen molar-refractivity contribution >= 4 is 11.6 Å². The van der Waals surface area contributed by atoms with Crippen LogP contribution in [0.1, 0.15) is 11.4 Å². The number of benzene rings is 1. The van der Waals surface area contributed by atoms with Crippen molar-refractivity contribution in [3.05, 3.63) is 46.5 Å². The normalized spacial score (nSPS) is 11.9. The topological polar surface area (TPSA) is 17.8 Å². The van der Waals surface area contributed by atoms with Crippen molar-refractivity contribution in [3.63, 3.8) is 0 Å². The van der Waals surface area contributed by atoms with Crippen molar-refractivity contribution < 1.29 is 17.6 Å². The molecule has 18 heavy (non-hydrogen) atoms. The van der Waals surface area contributed by atoms with Crippen LogP contribution in [0.2, 0.25) is 5.02 Å². The summed E-state index contributed by atoms with van der Waals surface area (Å²) in [5.74, 6) is -0.638. The maximum Gasteiger partial charge on any atom is 0.435 e. The first kappa shape index (κ1) is 12.9. The second-order valence-electron chi connectivity index (χ2n) is 3.68. The molecule has 0 aliphatic heterocycles. The van der Waals surface area contributed by atoms with E-state index in [-0.39, 0.29) is 16.4 Å². The molecule has 0 aliphatic carbocycles. The van der Waals surface area contributed by atoms with E-state index >= 15 is 0 Å². The minimum Gasteiger partial charge on any atom is -0.237 e. The standard InChI is InChI=1S/C11H7ClF4N2/c1-6-4-10(11(14,15)16)17-18(6)7-2-3-9(13)8(12)5-7/h2-5H,1H3. The fourth-order valence-corrected chi connectivity index (χ4v) is 1.67. The molecule has 0 aliphatic rings. The van der Waals surface area contributed by atoms with E-state index in [0.717, 1.165) is 16.8 Å². The minimum absolute atomic E-state index is 0.170. The molecule has 0 fully saturated rings. The summed E-state index contributed by atoms with van der Waals surface area (Å²) in [5, 5.41) is 3.26. The number of aromatic nitrogens is 2. The monoisotopic (exact) mass is 278 g/mol. The number of halogens is 5. The number of hydrogen-bond donors (Lipinski definition) is 0. The van der Waals surface area contributed by atoms with Crippen LogP contribution in [0.5, 0.6) is 0 Å². The summed E-state index contributed by atoms with van der Waals surface area (Å²) in [5.41, 5.74) is -0.445. The van der Waals surface area contributed by atoms with Crippen LogP contribution in [0.3, 0.4) is 0 Å². The van der Waals surface area contributed by atoms with Crippen molar-refractivity contribution in [1.29, 1.82) is 0 Å². The Balaban J connectivity index is 2.51. The summed E-state index contributed by atoms with van der Waals surface area (Å²) in [6.07, 6.45) is -4.51. The quantitative estimate of drug-likeness (QED) is 0.721. The van der Waals surface area contributed by atoms with Crippen LogP contribution in [0.15, 0.2) is 24.3 Å². The zero-order valence-electron chi connectivity index (χ0n) is 9.09. The van der Waals surface area contributed by atoms with Crippen molar-refractivity contribution in [2.24, 2.45) is 0 Å². The molecule has 1 aromatic heterocycles. The molecule has 0 N–H and O–H groups in total. The summed E-state index contributed by atoms with van der Waals surface area (Å²) in [6, 6.07) is 4.52. The van der Waals surface area contributed by atoms with E-state index in [1.165, 1.54) is 19.1 Å². The summed E-state index contributed by atoms with van der Waals surface area (Å²) in [4.78, 5) is 0. The van der Waals surface area contributed by atoms with Crippen LogP contribution < -0.4 is 0 Å². The number of rotatable bonds is 1.